The van der Waals surface area contributed by atoms with Crippen LogP contribution in [0.2, 0.25) is 0 Å². The molecular formula is C15H20O3. The van der Waals surface area contributed by atoms with Gasteiger partial charge in [-0.05, 0) is 24.1 Å². The molecule has 1 aliphatic rings. The van der Waals surface area contributed by atoms with E-state index in [4.69, 9.17) is 9.47 Å². The first-order chi connectivity index (χ1) is 8.56. The molecule has 0 spiro atoms. The maximum absolute atomic E-state index is 12.0. The Hall–Kier alpha value is -1.51. The van der Waals surface area contributed by atoms with Gasteiger partial charge in [-0.15, -0.1) is 0 Å². The summed E-state index contributed by atoms with van der Waals surface area (Å²) in [5.74, 6) is 2.32. The fourth-order valence-corrected chi connectivity index (χ4v) is 1.91. The maximum atomic E-state index is 12.0. The minimum Gasteiger partial charge on any atom is -0.489 e. The van der Waals surface area contributed by atoms with Crippen molar-refractivity contribution in [2.24, 2.45) is 11.8 Å². The zero-order valence-corrected chi connectivity index (χ0v) is 11.2. The van der Waals surface area contributed by atoms with Crippen molar-refractivity contribution in [1.29, 1.82) is 0 Å². The van der Waals surface area contributed by atoms with E-state index in [1.165, 1.54) is 0 Å². The SMILES string of the molecule is CC(C)CC(=O)c1ccc2c(c1)OCC(C)CO2. The molecule has 1 aromatic rings. The van der Waals surface area contributed by atoms with Crippen molar-refractivity contribution in [3.05, 3.63) is 23.8 Å². The van der Waals surface area contributed by atoms with Crippen molar-refractivity contribution in [3.8, 4) is 11.5 Å². The second kappa shape index (κ2) is 5.42. The number of hydrogen-bond donors (Lipinski definition) is 0. The molecule has 0 aliphatic carbocycles. The standard InChI is InChI=1S/C15H20O3/c1-10(2)6-13(16)12-4-5-14-15(7-12)18-9-11(3)8-17-14/h4-5,7,10-11H,6,8-9H2,1-3H3. The van der Waals surface area contributed by atoms with Crippen LogP contribution in [0.25, 0.3) is 0 Å². The van der Waals surface area contributed by atoms with Crippen LogP contribution in [0.4, 0.5) is 0 Å². The van der Waals surface area contributed by atoms with Gasteiger partial charge in [0.05, 0.1) is 13.2 Å². The van der Waals surface area contributed by atoms with Crippen molar-refractivity contribution < 1.29 is 14.3 Å². The van der Waals surface area contributed by atoms with Gasteiger partial charge >= 0.3 is 0 Å². The van der Waals surface area contributed by atoms with Crippen LogP contribution in [0, 0.1) is 11.8 Å². The summed E-state index contributed by atoms with van der Waals surface area (Å²) in [6.45, 7) is 7.46. The summed E-state index contributed by atoms with van der Waals surface area (Å²) in [6, 6.07) is 5.46. The van der Waals surface area contributed by atoms with Gasteiger partial charge in [0, 0.05) is 17.9 Å². The normalized spacial score (nSPS) is 18.6. The van der Waals surface area contributed by atoms with Gasteiger partial charge in [-0.2, -0.15) is 0 Å². The average Bonchev–Trinajstić information content (AvgIpc) is 2.50. The number of fused-ring (bicyclic) bond motifs is 1. The molecule has 0 N–H and O–H groups in total. The summed E-state index contributed by atoms with van der Waals surface area (Å²) in [5, 5.41) is 0. The molecule has 0 aromatic heterocycles. The van der Waals surface area contributed by atoms with E-state index in [1.807, 2.05) is 26.0 Å². The first-order valence-corrected chi connectivity index (χ1v) is 6.49. The van der Waals surface area contributed by atoms with Crippen molar-refractivity contribution in [2.45, 2.75) is 27.2 Å². The predicted octanol–water partition coefficient (Wildman–Crippen LogP) is 3.32. The lowest BCUT2D eigenvalue weighted by atomic mass is 10.0. The van der Waals surface area contributed by atoms with E-state index in [-0.39, 0.29) is 5.78 Å². The largest absolute Gasteiger partial charge is 0.489 e. The molecule has 3 heteroatoms. The highest BCUT2D eigenvalue weighted by Crippen LogP contribution is 2.31. The number of carbonyl (C=O) groups is 1. The lowest BCUT2D eigenvalue weighted by molar-refractivity contribution is 0.0967. The van der Waals surface area contributed by atoms with Gasteiger partial charge in [-0.25, -0.2) is 0 Å². The molecule has 1 aliphatic heterocycles. The number of carbonyl (C=O) groups excluding carboxylic acids is 1. The van der Waals surface area contributed by atoms with E-state index in [0.29, 0.717) is 42.8 Å². The average molecular weight is 248 g/mol. The van der Waals surface area contributed by atoms with Gasteiger partial charge < -0.3 is 9.47 Å². The number of rotatable bonds is 3. The zero-order chi connectivity index (χ0) is 13.1. The molecule has 0 saturated heterocycles. The van der Waals surface area contributed by atoms with Crippen molar-refractivity contribution in [2.75, 3.05) is 13.2 Å². The lowest BCUT2D eigenvalue weighted by Gasteiger charge is -2.09. The summed E-state index contributed by atoms with van der Waals surface area (Å²) in [6.07, 6.45) is 0.566. The van der Waals surface area contributed by atoms with Crippen LogP contribution in [0.3, 0.4) is 0 Å². The number of hydrogen-bond acceptors (Lipinski definition) is 3. The summed E-state index contributed by atoms with van der Waals surface area (Å²) in [7, 11) is 0. The minimum absolute atomic E-state index is 0.161. The Balaban J connectivity index is 2.19. The van der Waals surface area contributed by atoms with E-state index in [0.717, 1.165) is 5.75 Å². The van der Waals surface area contributed by atoms with Crippen LogP contribution in [-0.2, 0) is 0 Å². The smallest absolute Gasteiger partial charge is 0.163 e. The first kappa shape index (κ1) is 12.9. The summed E-state index contributed by atoms with van der Waals surface area (Å²) in [4.78, 5) is 12.0. The Morgan fingerprint density at radius 3 is 2.61 bits per heavy atom. The highest BCUT2D eigenvalue weighted by Gasteiger charge is 2.17. The zero-order valence-electron chi connectivity index (χ0n) is 11.2. The van der Waals surface area contributed by atoms with Crippen LogP contribution < -0.4 is 9.47 Å². The van der Waals surface area contributed by atoms with Crippen molar-refractivity contribution in [3.63, 3.8) is 0 Å². The van der Waals surface area contributed by atoms with Crippen LogP contribution in [0.1, 0.15) is 37.6 Å². The first-order valence-electron chi connectivity index (χ1n) is 6.49. The van der Waals surface area contributed by atoms with Gasteiger partial charge in [-0.1, -0.05) is 20.8 Å². The third-order valence-electron chi connectivity index (χ3n) is 2.91. The Kier molecular flexibility index (Phi) is 3.90. The molecule has 1 heterocycles. The maximum Gasteiger partial charge on any atom is 0.163 e. The van der Waals surface area contributed by atoms with E-state index >= 15 is 0 Å². The summed E-state index contributed by atoms with van der Waals surface area (Å²) < 4.78 is 11.3. The molecular weight excluding hydrogens is 228 g/mol. The molecule has 2 rings (SSSR count). The Morgan fingerprint density at radius 1 is 1.28 bits per heavy atom. The Morgan fingerprint density at radius 2 is 1.94 bits per heavy atom. The Labute approximate surface area is 108 Å². The van der Waals surface area contributed by atoms with E-state index in [2.05, 4.69) is 6.92 Å². The molecule has 0 bridgehead atoms. The monoisotopic (exact) mass is 248 g/mol. The minimum atomic E-state index is 0.161. The van der Waals surface area contributed by atoms with E-state index in [9.17, 15) is 4.79 Å². The lowest BCUT2D eigenvalue weighted by Crippen LogP contribution is -2.12. The number of ether oxygens (including phenoxy) is 2. The molecule has 1 atom stereocenters. The highest BCUT2D eigenvalue weighted by molar-refractivity contribution is 5.96. The third-order valence-corrected chi connectivity index (χ3v) is 2.91. The third kappa shape index (κ3) is 3.03. The topological polar surface area (TPSA) is 35.5 Å². The second-order valence-corrected chi connectivity index (χ2v) is 5.41. The molecule has 0 fully saturated rings. The van der Waals surface area contributed by atoms with E-state index < -0.39 is 0 Å². The van der Waals surface area contributed by atoms with Crippen LogP contribution in [0.5, 0.6) is 11.5 Å². The molecule has 1 unspecified atom stereocenters. The fraction of sp³-hybridized carbons (Fsp3) is 0.533. The van der Waals surface area contributed by atoms with Crippen LogP contribution in [-0.4, -0.2) is 19.0 Å². The Bertz CT molecular complexity index is 437. The molecule has 98 valence electrons. The van der Waals surface area contributed by atoms with Crippen LogP contribution in [0.15, 0.2) is 18.2 Å². The number of ketones is 1. The van der Waals surface area contributed by atoms with Gasteiger partial charge in [0.15, 0.2) is 17.3 Å². The molecule has 0 radical (unpaired) electrons. The summed E-state index contributed by atoms with van der Waals surface area (Å²) in [5.41, 5.74) is 0.709. The van der Waals surface area contributed by atoms with Gasteiger partial charge in [0.2, 0.25) is 0 Å². The van der Waals surface area contributed by atoms with E-state index in [1.54, 1.807) is 6.07 Å². The number of Topliss-reactive ketones (excluding diaryl/α,β-unsaturated/α-hetero) is 1. The van der Waals surface area contributed by atoms with Crippen LogP contribution >= 0.6 is 0 Å². The van der Waals surface area contributed by atoms with Gasteiger partial charge in [0.25, 0.3) is 0 Å². The highest BCUT2D eigenvalue weighted by atomic mass is 16.5. The molecule has 0 saturated carbocycles. The quantitative estimate of drug-likeness (QED) is 0.770. The molecule has 1 aromatic carbocycles. The second-order valence-electron chi connectivity index (χ2n) is 5.41. The predicted molar refractivity (Wildman–Crippen MR) is 70.4 cm³/mol. The molecule has 0 amide bonds. The van der Waals surface area contributed by atoms with Crippen molar-refractivity contribution >= 4 is 5.78 Å². The molecule has 3 nitrogen and oxygen atoms in total. The summed E-state index contributed by atoms with van der Waals surface area (Å²) >= 11 is 0. The molecule has 18 heavy (non-hydrogen) atoms. The fourth-order valence-electron chi connectivity index (χ4n) is 1.91. The van der Waals surface area contributed by atoms with Gasteiger partial charge in [0.1, 0.15) is 0 Å². The van der Waals surface area contributed by atoms with Gasteiger partial charge in [-0.3, -0.25) is 4.79 Å². The van der Waals surface area contributed by atoms with Crippen molar-refractivity contribution in [1.82, 2.24) is 0 Å². The number of benzene rings is 1.